The van der Waals surface area contributed by atoms with Crippen molar-refractivity contribution in [2.75, 3.05) is 13.2 Å². The van der Waals surface area contributed by atoms with Crippen molar-refractivity contribution in [1.82, 2.24) is 10.9 Å². The van der Waals surface area contributed by atoms with E-state index in [2.05, 4.69) is 21.1 Å². The first-order valence-electron chi connectivity index (χ1n) is 14.2. The molecule has 0 saturated heterocycles. The summed E-state index contributed by atoms with van der Waals surface area (Å²) in [5.41, 5.74) is 19.4. The molecule has 2 unspecified atom stereocenters. The Kier molecular flexibility index (Phi) is 8.98. The molecule has 6 rings (SSSR count). The summed E-state index contributed by atoms with van der Waals surface area (Å²) in [7, 11) is 0. The third-order valence-electron chi connectivity index (χ3n) is 6.88. The smallest absolute Gasteiger partial charge is 0.348 e. The monoisotopic (exact) mass is 666 g/mol. The molecule has 2 aliphatic heterocycles. The Hall–Kier alpha value is -5.22. The summed E-state index contributed by atoms with van der Waals surface area (Å²) in [5, 5.41) is 8.45. The molecule has 0 amide bonds. The number of hydrogen-bond donors (Lipinski definition) is 4. The van der Waals surface area contributed by atoms with Gasteiger partial charge < -0.3 is 39.9 Å². The van der Waals surface area contributed by atoms with Crippen LogP contribution in [0.2, 0.25) is 0 Å². The molecule has 2 aliphatic rings. The molecule has 2 aromatic carbocycles. The van der Waals surface area contributed by atoms with Gasteiger partial charge in [-0.3, -0.25) is 10.9 Å². The van der Waals surface area contributed by atoms with Crippen molar-refractivity contribution in [3.05, 3.63) is 80.5 Å². The van der Waals surface area contributed by atoms with Gasteiger partial charge in [-0.15, -0.1) is 32.9 Å². The SMILES string of the molecule is CCOC(=O)c1sc2sc(C(=O)OCC)c(COc3ccccc3C3NN=C(N)O3)c2c1COc1ccccc1C1NN=C(N)O1. The molecule has 16 heteroatoms. The third-order valence-corrected chi connectivity index (χ3v) is 9.39. The number of carbonyl (C=O) groups is 2. The van der Waals surface area contributed by atoms with E-state index in [4.69, 9.17) is 39.9 Å². The second kappa shape index (κ2) is 13.4. The van der Waals surface area contributed by atoms with Crippen LogP contribution in [0.4, 0.5) is 0 Å². The highest BCUT2D eigenvalue weighted by Crippen LogP contribution is 2.43. The van der Waals surface area contributed by atoms with Gasteiger partial charge in [0.15, 0.2) is 0 Å². The molecule has 0 radical (unpaired) electrons. The summed E-state index contributed by atoms with van der Waals surface area (Å²) in [5.74, 6) is -0.0298. The maximum Gasteiger partial charge on any atom is 0.348 e. The topological polar surface area (TPSA) is 190 Å². The Labute approximate surface area is 270 Å². The number of para-hydroxylation sites is 2. The van der Waals surface area contributed by atoms with Gasteiger partial charge in [0.2, 0.25) is 12.5 Å². The molecule has 2 atom stereocenters. The lowest BCUT2D eigenvalue weighted by atomic mass is 10.1. The predicted octanol–water partition coefficient (Wildman–Crippen LogP) is 4.17. The summed E-state index contributed by atoms with van der Waals surface area (Å²) in [6, 6.07) is 14.5. The summed E-state index contributed by atoms with van der Waals surface area (Å²) in [6.07, 6.45) is -1.30. The first-order valence-corrected chi connectivity index (χ1v) is 15.9. The van der Waals surface area contributed by atoms with Gasteiger partial charge in [-0.1, -0.05) is 24.3 Å². The van der Waals surface area contributed by atoms with Gasteiger partial charge >= 0.3 is 24.0 Å². The van der Waals surface area contributed by atoms with Crippen LogP contribution in [0.15, 0.2) is 58.7 Å². The minimum Gasteiger partial charge on any atom is -0.488 e. The average molecular weight is 667 g/mol. The number of nitrogens with one attached hydrogen (secondary N) is 2. The number of fused-ring (bicyclic) bond motifs is 1. The maximum absolute atomic E-state index is 13.2. The lowest BCUT2D eigenvalue weighted by Gasteiger charge is -2.17. The molecule has 6 N–H and O–H groups in total. The normalized spacial score (nSPS) is 16.8. The van der Waals surface area contributed by atoms with Crippen LogP contribution in [0.5, 0.6) is 11.5 Å². The second-order valence-corrected chi connectivity index (χ2v) is 12.0. The molecule has 0 fully saturated rings. The van der Waals surface area contributed by atoms with Crippen molar-refractivity contribution in [3.8, 4) is 11.5 Å². The number of amidine groups is 2. The van der Waals surface area contributed by atoms with Gasteiger partial charge in [0.25, 0.3) is 0 Å². The number of rotatable bonds is 12. The van der Waals surface area contributed by atoms with E-state index in [1.807, 2.05) is 36.4 Å². The zero-order valence-electron chi connectivity index (χ0n) is 24.7. The average Bonchev–Trinajstić information content (AvgIpc) is 3.84. The van der Waals surface area contributed by atoms with E-state index in [1.54, 1.807) is 26.0 Å². The Morgan fingerprint density at radius 3 is 1.59 bits per heavy atom. The number of nitrogens with zero attached hydrogens (tertiary/aromatic N) is 2. The molecule has 0 bridgehead atoms. The van der Waals surface area contributed by atoms with Crippen LogP contribution in [0, 0.1) is 0 Å². The van der Waals surface area contributed by atoms with Gasteiger partial charge in [0.05, 0.1) is 28.4 Å². The standard InChI is InChI=1S/C30H30N6O8S2/c1-3-39-26(37)22-17(13-41-19-11-7-5-9-15(19)24-33-35-29(31)43-24)21-18(23(27(38)40-4-2)46-28(21)45-22)14-42-20-12-8-6-10-16(20)25-34-36-30(32)44-25/h5-12,24-25,33-34H,3-4,13-14H2,1-2H3,(H2,31,35)(H2,32,36). The highest BCUT2D eigenvalue weighted by molar-refractivity contribution is 7.40. The van der Waals surface area contributed by atoms with E-state index in [9.17, 15) is 9.59 Å². The van der Waals surface area contributed by atoms with E-state index < -0.39 is 24.4 Å². The fourth-order valence-corrected chi connectivity index (χ4v) is 7.49. The predicted molar refractivity (Wildman–Crippen MR) is 170 cm³/mol. The van der Waals surface area contributed by atoms with E-state index in [0.29, 0.717) is 52.9 Å². The Morgan fingerprint density at radius 1 is 0.761 bits per heavy atom. The number of ether oxygens (including phenoxy) is 6. The van der Waals surface area contributed by atoms with Gasteiger partial charge in [-0.05, 0) is 38.1 Å². The van der Waals surface area contributed by atoms with E-state index in [1.165, 1.54) is 22.7 Å². The fraction of sp³-hybridized carbons (Fsp3) is 0.267. The molecule has 0 spiro atoms. The summed E-state index contributed by atoms with van der Waals surface area (Å²) in [4.78, 5) is 27.1. The third kappa shape index (κ3) is 6.16. The molecule has 0 saturated carbocycles. The Balaban J connectivity index is 1.38. The fourth-order valence-electron chi connectivity index (χ4n) is 4.90. The zero-order chi connectivity index (χ0) is 32.2. The van der Waals surface area contributed by atoms with Gasteiger partial charge in [0, 0.05) is 16.5 Å². The molecule has 2 aromatic heterocycles. The second-order valence-electron chi connectivity index (χ2n) is 9.73. The zero-order valence-corrected chi connectivity index (χ0v) is 26.4. The van der Waals surface area contributed by atoms with Crippen molar-refractivity contribution in [1.29, 1.82) is 0 Å². The molecule has 14 nitrogen and oxygen atoms in total. The van der Waals surface area contributed by atoms with Crippen LogP contribution in [0.1, 0.15) is 67.9 Å². The van der Waals surface area contributed by atoms with Crippen molar-refractivity contribution in [2.24, 2.45) is 21.7 Å². The molecule has 4 aromatic rings. The van der Waals surface area contributed by atoms with Crippen molar-refractivity contribution >= 4 is 56.1 Å². The largest absolute Gasteiger partial charge is 0.488 e. The first kappa shape index (κ1) is 30.8. The lowest BCUT2D eigenvalue weighted by molar-refractivity contribution is 0.0520. The number of nitrogens with two attached hydrogens (primary N) is 2. The number of hydrogen-bond acceptors (Lipinski definition) is 16. The van der Waals surface area contributed by atoms with Crippen molar-refractivity contribution in [3.63, 3.8) is 0 Å². The van der Waals surface area contributed by atoms with Crippen LogP contribution in [0.3, 0.4) is 0 Å². The quantitative estimate of drug-likeness (QED) is 0.158. The summed E-state index contributed by atoms with van der Waals surface area (Å²) in [6.45, 7) is 3.78. The maximum atomic E-state index is 13.2. The molecule has 46 heavy (non-hydrogen) atoms. The van der Waals surface area contributed by atoms with Gasteiger partial charge in [0.1, 0.15) is 34.5 Å². The van der Waals surface area contributed by atoms with Gasteiger partial charge in [-0.25, -0.2) is 9.59 Å². The lowest BCUT2D eigenvalue weighted by Crippen LogP contribution is -2.17. The van der Waals surface area contributed by atoms with Crippen LogP contribution in [0.25, 0.3) is 9.40 Å². The Bertz CT molecular complexity index is 1710. The van der Waals surface area contributed by atoms with E-state index in [0.717, 1.165) is 0 Å². The number of benzene rings is 2. The number of thiophene rings is 2. The van der Waals surface area contributed by atoms with Crippen molar-refractivity contribution < 1.29 is 38.0 Å². The minimum atomic E-state index is -0.650. The summed E-state index contributed by atoms with van der Waals surface area (Å²) >= 11 is 2.45. The highest BCUT2D eigenvalue weighted by atomic mass is 32.2. The van der Waals surface area contributed by atoms with Crippen LogP contribution < -0.4 is 31.8 Å². The summed E-state index contributed by atoms with van der Waals surface area (Å²) < 4.78 is 35.3. The van der Waals surface area contributed by atoms with E-state index >= 15 is 0 Å². The number of esters is 2. The van der Waals surface area contributed by atoms with Crippen LogP contribution in [-0.2, 0) is 32.2 Å². The minimum absolute atomic E-state index is 0.00574. The molecule has 4 heterocycles. The van der Waals surface area contributed by atoms with Crippen LogP contribution >= 0.6 is 22.7 Å². The van der Waals surface area contributed by atoms with Crippen molar-refractivity contribution in [2.45, 2.75) is 39.5 Å². The van der Waals surface area contributed by atoms with E-state index in [-0.39, 0.29) is 38.5 Å². The molecule has 0 aliphatic carbocycles. The number of hydrazone groups is 2. The Morgan fingerprint density at radius 2 is 1.20 bits per heavy atom. The van der Waals surface area contributed by atoms with Crippen LogP contribution in [-0.4, -0.2) is 37.2 Å². The molecular formula is C30H30N6O8S2. The first-order chi connectivity index (χ1) is 22.4. The number of carbonyl (C=O) groups excluding carboxylic acids is 2. The molecule has 240 valence electrons. The molecular weight excluding hydrogens is 636 g/mol. The van der Waals surface area contributed by atoms with Gasteiger partial charge in [-0.2, -0.15) is 0 Å². The highest BCUT2D eigenvalue weighted by Gasteiger charge is 2.31.